The maximum Gasteiger partial charge on any atom is 0.419 e. The highest BCUT2D eigenvalue weighted by atomic mass is 35.5. The number of halogens is 4. The number of alkyl halides is 4. The van der Waals surface area contributed by atoms with E-state index in [1.807, 2.05) is 0 Å². The third-order valence-corrected chi connectivity index (χ3v) is 2.47. The number of β-amino-alcohol motifs (C(OH)–C–C–N with tert-alkyl or cyclic N) is 1. The van der Waals surface area contributed by atoms with Crippen LogP contribution in [0, 0.1) is 0 Å². The largest absolute Gasteiger partial charge is 0.419 e. The molecule has 0 aliphatic carbocycles. The van der Waals surface area contributed by atoms with Gasteiger partial charge in [0.2, 0.25) is 5.91 Å². The van der Waals surface area contributed by atoms with Gasteiger partial charge in [-0.3, -0.25) is 4.79 Å². The molecule has 0 bridgehead atoms. The van der Waals surface area contributed by atoms with Crippen LogP contribution in [0.1, 0.15) is 6.42 Å². The molecule has 14 heavy (non-hydrogen) atoms. The number of aliphatic hydroxyl groups is 1. The molecule has 3 nitrogen and oxygen atoms in total. The maximum atomic E-state index is 12.3. The lowest BCUT2D eigenvalue weighted by molar-refractivity contribution is -0.253. The van der Waals surface area contributed by atoms with Gasteiger partial charge in [0, 0.05) is 13.0 Å². The topological polar surface area (TPSA) is 40.5 Å². The molecular formula is C7H9ClF3NO2. The fraction of sp³-hybridized carbons (Fsp3) is 0.857. The first-order valence-corrected chi connectivity index (χ1v) is 4.46. The number of likely N-dealkylation sites (tertiary alicyclic amines) is 1. The van der Waals surface area contributed by atoms with Crippen molar-refractivity contribution in [1.29, 1.82) is 0 Å². The minimum Gasteiger partial charge on any atom is -0.379 e. The zero-order valence-corrected chi connectivity index (χ0v) is 7.90. The lowest BCUT2D eigenvalue weighted by Gasteiger charge is -2.25. The van der Waals surface area contributed by atoms with Gasteiger partial charge in [-0.05, 0) is 0 Å². The third kappa shape index (κ3) is 1.95. The fourth-order valence-corrected chi connectivity index (χ4v) is 1.49. The normalized spacial score (nSPS) is 28.2. The Hall–Kier alpha value is -0.490. The Morgan fingerprint density at radius 1 is 1.57 bits per heavy atom. The van der Waals surface area contributed by atoms with Gasteiger partial charge in [-0.25, -0.2) is 0 Å². The van der Waals surface area contributed by atoms with Crippen LogP contribution in [0.4, 0.5) is 13.2 Å². The average molecular weight is 232 g/mol. The summed E-state index contributed by atoms with van der Waals surface area (Å²) >= 11 is 5.19. The van der Waals surface area contributed by atoms with Crippen molar-refractivity contribution in [3.63, 3.8) is 0 Å². The minimum absolute atomic E-state index is 0.110. The monoisotopic (exact) mass is 231 g/mol. The fourth-order valence-electron chi connectivity index (χ4n) is 1.32. The summed E-state index contributed by atoms with van der Waals surface area (Å²) in [6.07, 6.45) is -5.19. The van der Waals surface area contributed by atoms with E-state index in [4.69, 9.17) is 11.6 Å². The Labute approximate surface area is 83.4 Å². The van der Waals surface area contributed by atoms with Gasteiger partial charge < -0.3 is 10.0 Å². The molecule has 1 rings (SSSR count). The molecule has 82 valence electrons. The predicted molar refractivity (Wildman–Crippen MR) is 42.9 cm³/mol. The Morgan fingerprint density at radius 2 is 2.14 bits per heavy atom. The van der Waals surface area contributed by atoms with Crippen LogP contribution in [0.2, 0.25) is 0 Å². The first-order chi connectivity index (χ1) is 6.30. The Balaban J connectivity index is 2.69. The average Bonchev–Trinajstić information content (AvgIpc) is 2.47. The smallest absolute Gasteiger partial charge is 0.379 e. The van der Waals surface area contributed by atoms with E-state index in [2.05, 4.69) is 0 Å². The molecule has 7 heteroatoms. The van der Waals surface area contributed by atoms with Crippen LogP contribution in [0.25, 0.3) is 0 Å². The minimum atomic E-state index is -4.70. The summed E-state index contributed by atoms with van der Waals surface area (Å²) in [5.41, 5.74) is -2.77. The van der Waals surface area contributed by atoms with E-state index in [0.29, 0.717) is 0 Å². The van der Waals surface area contributed by atoms with Gasteiger partial charge in [0.25, 0.3) is 0 Å². The zero-order valence-electron chi connectivity index (χ0n) is 7.14. The van der Waals surface area contributed by atoms with Gasteiger partial charge in [0.15, 0.2) is 5.60 Å². The van der Waals surface area contributed by atoms with Crippen LogP contribution < -0.4 is 0 Å². The highest BCUT2D eigenvalue weighted by Gasteiger charge is 2.57. The highest BCUT2D eigenvalue weighted by molar-refractivity contribution is 6.27. The van der Waals surface area contributed by atoms with Gasteiger partial charge in [-0.2, -0.15) is 13.2 Å². The summed E-state index contributed by atoms with van der Waals surface area (Å²) in [6, 6.07) is 0. The summed E-state index contributed by atoms with van der Waals surface area (Å²) in [5.74, 6) is -0.958. The summed E-state index contributed by atoms with van der Waals surface area (Å²) in [7, 11) is 0. The molecule has 0 spiro atoms. The van der Waals surface area contributed by atoms with E-state index in [9.17, 15) is 23.1 Å². The van der Waals surface area contributed by atoms with E-state index in [0.717, 1.165) is 4.90 Å². The van der Waals surface area contributed by atoms with Crippen LogP contribution >= 0.6 is 11.6 Å². The van der Waals surface area contributed by atoms with Gasteiger partial charge >= 0.3 is 6.18 Å². The van der Waals surface area contributed by atoms with Crippen molar-refractivity contribution in [2.45, 2.75) is 18.2 Å². The van der Waals surface area contributed by atoms with Gasteiger partial charge in [0.1, 0.15) is 5.88 Å². The molecule has 0 radical (unpaired) electrons. The number of carbonyl (C=O) groups excluding carboxylic acids is 1. The lowest BCUT2D eigenvalue weighted by atomic mass is 10.0. The number of carbonyl (C=O) groups is 1. The number of amides is 1. The van der Waals surface area contributed by atoms with Crippen LogP contribution in [0.5, 0.6) is 0 Å². The molecule has 0 unspecified atom stereocenters. The molecule has 1 heterocycles. The maximum absolute atomic E-state index is 12.3. The van der Waals surface area contributed by atoms with Crippen LogP contribution in [0.15, 0.2) is 0 Å². The summed E-state index contributed by atoms with van der Waals surface area (Å²) in [5, 5.41) is 9.18. The molecule has 1 aliphatic rings. The van der Waals surface area contributed by atoms with E-state index < -0.39 is 30.7 Å². The van der Waals surface area contributed by atoms with Crippen molar-refractivity contribution < 1.29 is 23.1 Å². The highest BCUT2D eigenvalue weighted by Crippen LogP contribution is 2.37. The van der Waals surface area contributed by atoms with E-state index in [1.54, 1.807) is 0 Å². The van der Waals surface area contributed by atoms with Crippen molar-refractivity contribution in [3.05, 3.63) is 0 Å². The van der Waals surface area contributed by atoms with Gasteiger partial charge in [-0.1, -0.05) is 0 Å². The molecule has 1 atom stereocenters. The van der Waals surface area contributed by atoms with E-state index in [-0.39, 0.29) is 12.4 Å². The van der Waals surface area contributed by atoms with Crippen LogP contribution in [-0.2, 0) is 4.79 Å². The summed E-state index contributed by atoms with van der Waals surface area (Å²) in [6.45, 7) is -0.830. The summed E-state index contributed by atoms with van der Waals surface area (Å²) in [4.78, 5) is 11.9. The quantitative estimate of drug-likeness (QED) is 0.677. The SMILES string of the molecule is O=C(CCl)N1CC[C@@](O)(C(F)(F)F)C1. The van der Waals surface area contributed by atoms with Crippen molar-refractivity contribution in [3.8, 4) is 0 Å². The van der Waals surface area contributed by atoms with Gasteiger partial charge in [0.05, 0.1) is 6.54 Å². The molecule has 0 saturated carbocycles. The Kier molecular flexibility index (Phi) is 2.96. The van der Waals surface area contributed by atoms with Crippen LogP contribution in [-0.4, -0.2) is 46.7 Å². The first-order valence-electron chi connectivity index (χ1n) is 3.93. The molecule has 0 aromatic carbocycles. The predicted octanol–water partition coefficient (Wildman–Crippen LogP) is 0.751. The number of rotatable bonds is 1. The second-order valence-electron chi connectivity index (χ2n) is 3.23. The van der Waals surface area contributed by atoms with Gasteiger partial charge in [-0.15, -0.1) is 11.6 Å². The third-order valence-electron chi connectivity index (χ3n) is 2.24. The molecule has 1 N–H and O–H groups in total. The molecule has 1 fully saturated rings. The standard InChI is InChI=1S/C7H9ClF3NO2/c8-3-5(13)12-2-1-6(14,4-12)7(9,10)11/h14H,1-4H2/t6-/m0/s1. The van der Waals surface area contributed by atoms with Crippen molar-refractivity contribution in [1.82, 2.24) is 4.90 Å². The van der Waals surface area contributed by atoms with E-state index >= 15 is 0 Å². The van der Waals surface area contributed by atoms with Crippen molar-refractivity contribution in [2.75, 3.05) is 19.0 Å². The number of hydrogen-bond acceptors (Lipinski definition) is 2. The Bertz CT molecular complexity index is 246. The summed E-state index contributed by atoms with van der Waals surface area (Å²) < 4.78 is 36.8. The number of nitrogens with zero attached hydrogens (tertiary/aromatic N) is 1. The van der Waals surface area contributed by atoms with E-state index in [1.165, 1.54) is 0 Å². The zero-order chi connectivity index (χ0) is 11.0. The second kappa shape index (κ2) is 3.58. The molecular weight excluding hydrogens is 223 g/mol. The lowest BCUT2D eigenvalue weighted by Crippen LogP contribution is -2.48. The Morgan fingerprint density at radius 3 is 2.50 bits per heavy atom. The van der Waals surface area contributed by atoms with Crippen LogP contribution in [0.3, 0.4) is 0 Å². The van der Waals surface area contributed by atoms with Crippen molar-refractivity contribution >= 4 is 17.5 Å². The molecule has 0 aromatic heterocycles. The number of hydrogen-bond donors (Lipinski definition) is 1. The van der Waals surface area contributed by atoms with Crippen molar-refractivity contribution in [2.24, 2.45) is 0 Å². The second-order valence-corrected chi connectivity index (χ2v) is 3.50. The molecule has 1 aliphatic heterocycles. The molecule has 1 saturated heterocycles. The molecule has 1 amide bonds. The first kappa shape index (κ1) is 11.6. The molecule has 0 aromatic rings.